The number of nitrogens with zero attached hydrogens (tertiary/aromatic N) is 1. The standard InChI is InChI=1S/C7H3Cl2F2NO3/c8-3-1-4(9)6(12(13)14)5(2-3)15-7(10)11/h1-2,7H. The molecule has 0 heterocycles. The van der Waals surface area contributed by atoms with Crippen molar-refractivity contribution in [3.8, 4) is 5.75 Å². The number of ether oxygens (including phenoxy) is 1. The first kappa shape index (κ1) is 11.9. The molecule has 0 aliphatic rings. The molecule has 0 amide bonds. The molecule has 0 saturated heterocycles. The Bertz CT molecular complexity index is 400. The highest BCUT2D eigenvalue weighted by Crippen LogP contribution is 2.38. The summed E-state index contributed by atoms with van der Waals surface area (Å²) in [4.78, 5) is 9.57. The number of nitro benzene ring substituents is 1. The van der Waals surface area contributed by atoms with E-state index in [0.29, 0.717) is 0 Å². The average molecular weight is 258 g/mol. The number of hydrogen-bond acceptors (Lipinski definition) is 3. The molecule has 0 aliphatic carbocycles. The monoisotopic (exact) mass is 257 g/mol. The first-order valence-corrected chi connectivity index (χ1v) is 4.25. The fourth-order valence-electron chi connectivity index (χ4n) is 0.905. The van der Waals surface area contributed by atoms with Gasteiger partial charge in [0, 0.05) is 11.1 Å². The van der Waals surface area contributed by atoms with E-state index in [9.17, 15) is 18.9 Å². The Labute approximate surface area is 92.5 Å². The molecule has 8 heteroatoms. The summed E-state index contributed by atoms with van der Waals surface area (Å²) < 4.78 is 27.7. The van der Waals surface area contributed by atoms with Gasteiger partial charge in [-0.3, -0.25) is 10.1 Å². The maximum absolute atomic E-state index is 11.9. The van der Waals surface area contributed by atoms with Gasteiger partial charge >= 0.3 is 12.3 Å². The van der Waals surface area contributed by atoms with E-state index >= 15 is 0 Å². The van der Waals surface area contributed by atoms with Crippen LogP contribution in [-0.4, -0.2) is 11.5 Å². The van der Waals surface area contributed by atoms with E-state index in [-0.39, 0.29) is 10.0 Å². The van der Waals surface area contributed by atoms with Crippen molar-refractivity contribution in [1.82, 2.24) is 0 Å². The zero-order valence-electron chi connectivity index (χ0n) is 6.92. The summed E-state index contributed by atoms with van der Waals surface area (Å²) in [6.45, 7) is -3.18. The van der Waals surface area contributed by atoms with Crippen LogP contribution in [0.1, 0.15) is 0 Å². The van der Waals surface area contributed by atoms with Crippen LogP contribution in [0.4, 0.5) is 14.5 Å². The highest BCUT2D eigenvalue weighted by molar-refractivity contribution is 6.36. The summed E-state index contributed by atoms with van der Waals surface area (Å²) in [6, 6.07) is 1.97. The number of nitro groups is 1. The minimum atomic E-state index is -3.18. The molecule has 0 bridgehead atoms. The molecule has 0 aliphatic heterocycles. The SMILES string of the molecule is O=[N+]([O-])c1c(Cl)cc(Cl)cc1OC(F)F. The van der Waals surface area contributed by atoms with E-state index in [1.54, 1.807) is 0 Å². The lowest BCUT2D eigenvalue weighted by Crippen LogP contribution is -2.04. The molecule has 0 saturated carbocycles. The first-order valence-electron chi connectivity index (χ1n) is 3.50. The highest BCUT2D eigenvalue weighted by atomic mass is 35.5. The average Bonchev–Trinajstić information content (AvgIpc) is 1.99. The maximum atomic E-state index is 11.9. The molecule has 0 aromatic heterocycles. The van der Waals surface area contributed by atoms with Crippen molar-refractivity contribution in [2.75, 3.05) is 0 Å². The highest BCUT2D eigenvalue weighted by Gasteiger charge is 2.23. The number of alkyl halides is 2. The molecule has 82 valence electrons. The van der Waals surface area contributed by atoms with Crippen LogP contribution in [0, 0.1) is 10.1 Å². The molecule has 4 nitrogen and oxygen atoms in total. The third-order valence-corrected chi connectivity index (χ3v) is 1.90. The Hall–Kier alpha value is -1.14. The van der Waals surface area contributed by atoms with E-state index in [1.807, 2.05) is 0 Å². The smallest absolute Gasteiger partial charge is 0.387 e. The number of hydrogen-bond donors (Lipinski definition) is 0. The number of rotatable bonds is 3. The van der Waals surface area contributed by atoms with Gasteiger partial charge in [-0.15, -0.1) is 0 Å². The van der Waals surface area contributed by atoms with Crippen LogP contribution in [0.25, 0.3) is 0 Å². The second-order valence-corrected chi connectivity index (χ2v) is 3.21. The minimum absolute atomic E-state index is 0.0266. The second kappa shape index (κ2) is 4.59. The fourth-order valence-corrected chi connectivity index (χ4v) is 1.45. The number of halogens is 4. The lowest BCUT2D eigenvalue weighted by Gasteiger charge is -2.06. The lowest BCUT2D eigenvalue weighted by molar-refractivity contribution is -0.386. The molecule has 0 atom stereocenters. The Kier molecular flexibility index (Phi) is 3.65. The van der Waals surface area contributed by atoms with Crippen molar-refractivity contribution < 1.29 is 18.4 Å². The lowest BCUT2D eigenvalue weighted by atomic mass is 10.3. The summed E-state index contributed by atoms with van der Waals surface area (Å²) in [5.74, 6) is -0.660. The molecule has 1 aromatic carbocycles. The first-order chi connectivity index (χ1) is 6.91. The van der Waals surface area contributed by atoms with Crippen molar-refractivity contribution in [1.29, 1.82) is 0 Å². The molecule has 0 N–H and O–H groups in total. The van der Waals surface area contributed by atoms with Gasteiger partial charge in [-0.2, -0.15) is 8.78 Å². The summed E-state index contributed by atoms with van der Waals surface area (Å²) in [5, 5.41) is 10.1. The Morgan fingerprint density at radius 2 is 2.00 bits per heavy atom. The van der Waals surface area contributed by atoms with E-state index in [0.717, 1.165) is 12.1 Å². The molecule has 0 spiro atoms. The second-order valence-electron chi connectivity index (χ2n) is 2.37. The van der Waals surface area contributed by atoms with Gasteiger partial charge in [0.2, 0.25) is 5.75 Å². The Morgan fingerprint density at radius 3 is 2.47 bits per heavy atom. The van der Waals surface area contributed by atoms with Crippen molar-refractivity contribution >= 4 is 28.9 Å². The van der Waals surface area contributed by atoms with Crippen molar-refractivity contribution in [2.45, 2.75) is 6.61 Å². The van der Waals surface area contributed by atoms with Crippen molar-refractivity contribution in [3.63, 3.8) is 0 Å². The molecule has 0 radical (unpaired) electrons. The van der Waals surface area contributed by atoms with Gasteiger partial charge in [-0.25, -0.2) is 0 Å². The zero-order chi connectivity index (χ0) is 11.6. The molecule has 1 aromatic rings. The van der Waals surface area contributed by atoms with Gasteiger partial charge in [-0.1, -0.05) is 23.2 Å². The van der Waals surface area contributed by atoms with Crippen LogP contribution >= 0.6 is 23.2 Å². The van der Waals surface area contributed by atoms with E-state index in [4.69, 9.17) is 23.2 Å². The Balaban J connectivity index is 3.27. The summed E-state index contributed by atoms with van der Waals surface area (Å²) in [6.07, 6.45) is 0. The molecule has 1 rings (SSSR count). The Morgan fingerprint density at radius 1 is 1.40 bits per heavy atom. The van der Waals surface area contributed by atoms with Crippen LogP contribution in [0.3, 0.4) is 0 Å². The van der Waals surface area contributed by atoms with Gasteiger partial charge in [-0.05, 0) is 6.07 Å². The predicted octanol–water partition coefficient (Wildman–Crippen LogP) is 3.50. The van der Waals surface area contributed by atoms with Crippen LogP contribution in [0.5, 0.6) is 5.75 Å². The molecule has 0 fully saturated rings. The van der Waals surface area contributed by atoms with Crippen LogP contribution < -0.4 is 4.74 Å². The normalized spacial score (nSPS) is 10.5. The van der Waals surface area contributed by atoms with Crippen LogP contribution in [-0.2, 0) is 0 Å². The summed E-state index contributed by atoms with van der Waals surface area (Å²) >= 11 is 10.9. The van der Waals surface area contributed by atoms with Gasteiger partial charge in [0.05, 0.1) is 4.92 Å². The maximum Gasteiger partial charge on any atom is 0.387 e. The van der Waals surface area contributed by atoms with Crippen molar-refractivity contribution in [3.05, 3.63) is 32.3 Å². The minimum Gasteiger partial charge on any atom is -0.427 e. The predicted molar refractivity (Wildman–Crippen MR) is 49.7 cm³/mol. The molecule has 0 unspecified atom stereocenters. The summed E-state index contributed by atoms with van der Waals surface area (Å²) in [7, 11) is 0. The zero-order valence-corrected chi connectivity index (χ0v) is 8.43. The van der Waals surface area contributed by atoms with Gasteiger partial charge < -0.3 is 4.74 Å². The molecule has 15 heavy (non-hydrogen) atoms. The number of benzene rings is 1. The van der Waals surface area contributed by atoms with Crippen LogP contribution in [0.2, 0.25) is 10.0 Å². The van der Waals surface area contributed by atoms with Gasteiger partial charge in [0.25, 0.3) is 0 Å². The topological polar surface area (TPSA) is 52.4 Å². The largest absolute Gasteiger partial charge is 0.427 e. The summed E-state index contributed by atoms with van der Waals surface area (Å²) in [5.41, 5.74) is -0.735. The third-order valence-electron chi connectivity index (χ3n) is 1.39. The fraction of sp³-hybridized carbons (Fsp3) is 0.143. The van der Waals surface area contributed by atoms with Gasteiger partial charge in [0.1, 0.15) is 5.02 Å². The van der Waals surface area contributed by atoms with Crippen LogP contribution in [0.15, 0.2) is 12.1 Å². The van der Waals surface area contributed by atoms with Crippen molar-refractivity contribution in [2.24, 2.45) is 0 Å². The molecular weight excluding hydrogens is 255 g/mol. The quantitative estimate of drug-likeness (QED) is 0.615. The van der Waals surface area contributed by atoms with Gasteiger partial charge in [0.15, 0.2) is 0 Å². The third kappa shape index (κ3) is 2.90. The van der Waals surface area contributed by atoms with E-state index in [1.165, 1.54) is 0 Å². The van der Waals surface area contributed by atoms with E-state index in [2.05, 4.69) is 4.74 Å². The van der Waals surface area contributed by atoms with E-state index < -0.39 is 23.0 Å². The molecular formula is C7H3Cl2F2NO3.